The highest BCUT2D eigenvalue weighted by Crippen LogP contribution is 2.11. The second-order valence-corrected chi connectivity index (χ2v) is 6.76. The van der Waals surface area contributed by atoms with Gasteiger partial charge < -0.3 is 20.7 Å². The average Bonchev–Trinajstić information content (AvgIpc) is 2.80. The lowest BCUT2D eigenvalue weighted by molar-refractivity contribution is -0.121. The van der Waals surface area contributed by atoms with E-state index in [1.54, 1.807) is 0 Å². The minimum Gasteiger partial charge on any atom is -0.380 e. The topological polar surface area (TPSA) is 79.5 Å². The minimum absolute atomic E-state index is 0.0718. The lowest BCUT2D eigenvalue weighted by Gasteiger charge is -2.13. The third-order valence-corrected chi connectivity index (χ3v) is 4.11. The highest BCUT2D eigenvalue weighted by molar-refractivity contribution is 5.77. The zero-order chi connectivity index (χ0) is 17.1. The van der Waals surface area contributed by atoms with Gasteiger partial charge in [-0.15, -0.1) is 0 Å². The van der Waals surface area contributed by atoms with Crippen molar-refractivity contribution in [1.29, 1.82) is 0 Å². The van der Waals surface area contributed by atoms with Crippen molar-refractivity contribution in [2.24, 2.45) is 5.92 Å². The van der Waals surface area contributed by atoms with Gasteiger partial charge in [-0.25, -0.2) is 4.79 Å². The van der Waals surface area contributed by atoms with Crippen LogP contribution in [0.15, 0.2) is 0 Å². The fourth-order valence-electron chi connectivity index (χ4n) is 2.56. The SMILES string of the molecule is CC(C)CCOCCNC(=O)CCCCC[C@H]1NC(=O)N[C@H]1C. The molecule has 2 atom stereocenters. The molecule has 0 aromatic carbocycles. The van der Waals surface area contributed by atoms with Crippen LogP contribution in [-0.4, -0.2) is 43.8 Å². The molecule has 1 rings (SSSR count). The molecular formula is C17H33N3O3. The molecule has 0 spiro atoms. The predicted molar refractivity (Wildman–Crippen MR) is 91.3 cm³/mol. The van der Waals surface area contributed by atoms with Crippen molar-refractivity contribution in [2.45, 2.75) is 71.4 Å². The highest BCUT2D eigenvalue weighted by Gasteiger charge is 2.26. The predicted octanol–water partition coefficient (Wildman–Crippen LogP) is 2.19. The Labute approximate surface area is 140 Å². The van der Waals surface area contributed by atoms with E-state index in [1.165, 1.54) is 0 Å². The summed E-state index contributed by atoms with van der Waals surface area (Å²) in [7, 11) is 0. The van der Waals surface area contributed by atoms with Crippen molar-refractivity contribution >= 4 is 11.9 Å². The van der Waals surface area contributed by atoms with Crippen LogP contribution < -0.4 is 16.0 Å². The first kappa shape index (κ1) is 19.7. The molecule has 134 valence electrons. The van der Waals surface area contributed by atoms with Crippen LogP contribution in [0.2, 0.25) is 0 Å². The fraction of sp³-hybridized carbons (Fsp3) is 0.882. The third kappa shape index (κ3) is 9.43. The van der Waals surface area contributed by atoms with E-state index in [0.29, 0.717) is 25.5 Å². The molecule has 23 heavy (non-hydrogen) atoms. The maximum absolute atomic E-state index is 11.7. The number of unbranched alkanes of at least 4 members (excludes halogenated alkanes) is 2. The minimum atomic E-state index is -0.0718. The van der Waals surface area contributed by atoms with Crippen molar-refractivity contribution in [3.63, 3.8) is 0 Å². The number of ether oxygens (including phenoxy) is 1. The Bertz CT molecular complexity index is 361. The number of urea groups is 1. The van der Waals surface area contributed by atoms with Crippen molar-refractivity contribution < 1.29 is 14.3 Å². The Morgan fingerprint density at radius 1 is 1.22 bits per heavy atom. The first-order valence-corrected chi connectivity index (χ1v) is 8.90. The van der Waals surface area contributed by atoms with Gasteiger partial charge in [-0.3, -0.25) is 4.79 Å². The Morgan fingerprint density at radius 2 is 2.00 bits per heavy atom. The van der Waals surface area contributed by atoms with Crippen LogP contribution in [0.3, 0.4) is 0 Å². The molecule has 1 aliphatic rings. The van der Waals surface area contributed by atoms with Crippen molar-refractivity contribution in [1.82, 2.24) is 16.0 Å². The maximum atomic E-state index is 11.7. The summed E-state index contributed by atoms with van der Waals surface area (Å²) in [5.74, 6) is 0.752. The molecule has 1 aliphatic heterocycles. The van der Waals surface area contributed by atoms with Gasteiger partial charge in [0, 0.05) is 25.6 Å². The van der Waals surface area contributed by atoms with Crippen molar-refractivity contribution in [2.75, 3.05) is 19.8 Å². The summed E-state index contributed by atoms with van der Waals surface area (Å²) in [5, 5.41) is 8.64. The molecule has 0 radical (unpaired) electrons. The van der Waals surface area contributed by atoms with E-state index >= 15 is 0 Å². The Kier molecular flexibility index (Phi) is 9.67. The van der Waals surface area contributed by atoms with Gasteiger partial charge in [-0.2, -0.15) is 0 Å². The van der Waals surface area contributed by atoms with E-state index in [2.05, 4.69) is 29.8 Å². The number of rotatable bonds is 12. The third-order valence-electron chi connectivity index (χ3n) is 4.11. The van der Waals surface area contributed by atoms with Crippen LogP contribution in [0.5, 0.6) is 0 Å². The highest BCUT2D eigenvalue weighted by atomic mass is 16.5. The van der Waals surface area contributed by atoms with Crippen LogP contribution in [0.25, 0.3) is 0 Å². The second kappa shape index (κ2) is 11.3. The van der Waals surface area contributed by atoms with E-state index in [1.807, 2.05) is 6.92 Å². The molecule has 0 bridgehead atoms. The molecule has 6 nitrogen and oxygen atoms in total. The average molecular weight is 327 g/mol. The van der Waals surface area contributed by atoms with E-state index in [4.69, 9.17) is 4.74 Å². The number of amides is 3. The number of nitrogens with one attached hydrogen (secondary N) is 3. The molecule has 1 heterocycles. The van der Waals surface area contributed by atoms with Crippen LogP contribution >= 0.6 is 0 Å². The molecule has 6 heteroatoms. The molecular weight excluding hydrogens is 294 g/mol. The lowest BCUT2D eigenvalue weighted by atomic mass is 10.0. The van der Waals surface area contributed by atoms with Gasteiger partial charge in [0.05, 0.1) is 12.6 Å². The molecule has 3 amide bonds. The standard InChI is InChI=1S/C17H33N3O3/c1-13(2)9-11-23-12-10-18-16(21)8-6-4-5-7-15-14(3)19-17(22)20-15/h13-15H,4-12H2,1-3H3,(H,18,21)(H2,19,20,22)/t14-,15+/m0/s1. The summed E-state index contributed by atoms with van der Waals surface area (Å²) in [5.41, 5.74) is 0. The largest absolute Gasteiger partial charge is 0.380 e. The molecule has 1 fully saturated rings. The van der Waals surface area contributed by atoms with E-state index in [0.717, 1.165) is 38.7 Å². The van der Waals surface area contributed by atoms with Gasteiger partial charge >= 0.3 is 6.03 Å². The molecule has 0 aromatic rings. The van der Waals surface area contributed by atoms with E-state index in [-0.39, 0.29) is 24.0 Å². The lowest BCUT2D eigenvalue weighted by Crippen LogP contribution is -2.30. The van der Waals surface area contributed by atoms with Crippen molar-refractivity contribution in [3.8, 4) is 0 Å². The Balaban J connectivity index is 1.89. The molecule has 0 aromatic heterocycles. The molecule has 0 aliphatic carbocycles. The van der Waals surface area contributed by atoms with Crippen LogP contribution in [0, 0.1) is 5.92 Å². The van der Waals surface area contributed by atoms with Gasteiger partial charge in [-0.05, 0) is 32.1 Å². The van der Waals surface area contributed by atoms with Gasteiger partial charge in [0.2, 0.25) is 5.91 Å². The number of hydrogen-bond donors (Lipinski definition) is 3. The molecule has 3 N–H and O–H groups in total. The summed E-state index contributed by atoms with van der Waals surface area (Å²) in [6, 6.07) is 0.346. The zero-order valence-electron chi connectivity index (χ0n) is 14.8. The summed E-state index contributed by atoms with van der Waals surface area (Å²) < 4.78 is 5.46. The normalized spacial score (nSPS) is 20.4. The summed E-state index contributed by atoms with van der Waals surface area (Å²) in [4.78, 5) is 22.8. The number of hydrogen-bond acceptors (Lipinski definition) is 3. The number of carbonyl (C=O) groups is 2. The first-order valence-electron chi connectivity index (χ1n) is 8.90. The smallest absolute Gasteiger partial charge is 0.315 e. The molecule has 0 unspecified atom stereocenters. The molecule has 1 saturated heterocycles. The van der Waals surface area contributed by atoms with Gasteiger partial charge in [0.15, 0.2) is 0 Å². The fourth-order valence-corrected chi connectivity index (χ4v) is 2.56. The maximum Gasteiger partial charge on any atom is 0.315 e. The van der Waals surface area contributed by atoms with Crippen molar-refractivity contribution in [3.05, 3.63) is 0 Å². The number of carbonyl (C=O) groups excluding carboxylic acids is 2. The summed E-state index contributed by atoms with van der Waals surface area (Å²) in [6.07, 6.45) is 5.52. The van der Waals surface area contributed by atoms with E-state index < -0.39 is 0 Å². The summed E-state index contributed by atoms with van der Waals surface area (Å²) in [6.45, 7) is 8.29. The van der Waals surface area contributed by atoms with Gasteiger partial charge in [0.25, 0.3) is 0 Å². The Hall–Kier alpha value is -1.30. The zero-order valence-corrected chi connectivity index (χ0v) is 14.8. The van der Waals surface area contributed by atoms with Gasteiger partial charge in [0.1, 0.15) is 0 Å². The first-order chi connectivity index (χ1) is 11.0. The van der Waals surface area contributed by atoms with E-state index in [9.17, 15) is 9.59 Å². The monoisotopic (exact) mass is 327 g/mol. The second-order valence-electron chi connectivity index (χ2n) is 6.76. The quantitative estimate of drug-likeness (QED) is 0.481. The van der Waals surface area contributed by atoms with Crippen LogP contribution in [0.4, 0.5) is 4.79 Å². The van der Waals surface area contributed by atoms with Crippen LogP contribution in [-0.2, 0) is 9.53 Å². The molecule has 0 saturated carbocycles. The van der Waals surface area contributed by atoms with Gasteiger partial charge in [-0.1, -0.05) is 26.7 Å². The Morgan fingerprint density at radius 3 is 2.65 bits per heavy atom. The van der Waals surface area contributed by atoms with Crippen LogP contribution in [0.1, 0.15) is 59.3 Å². The summed E-state index contributed by atoms with van der Waals surface area (Å²) >= 11 is 0.